The van der Waals surface area contributed by atoms with Crippen molar-refractivity contribution >= 4 is 60.2 Å². The van der Waals surface area contributed by atoms with Crippen LogP contribution in [0.5, 0.6) is 0 Å². The van der Waals surface area contributed by atoms with Gasteiger partial charge in [0.25, 0.3) is 0 Å². The number of aromatic nitrogens is 2. The van der Waals surface area contributed by atoms with Crippen molar-refractivity contribution in [2.45, 2.75) is 6.04 Å². The largest absolute Gasteiger partial charge is 0.361 e. The fourth-order valence-corrected chi connectivity index (χ4v) is 6.97. The third-order valence-electron chi connectivity index (χ3n) is 8.74. The molecule has 6 aromatic carbocycles. The molecule has 0 saturated carbocycles. The highest BCUT2D eigenvalue weighted by atomic mass is 15.2. The molecule has 3 nitrogen and oxygen atoms in total. The first-order chi connectivity index (χ1) is 20.9. The Labute approximate surface area is 243 Å². The Morgan fingerprint density at radius 2 is 1.19 bits per heavy atom. The number of para-hydroxylation sites is 3. The minimum absolute atomic E-state index is 0.0529. The molecule has 42 heavy (non-hydrogen) atoms. The summed E-state index contributed by atoms with van der Waals surface area (Å²) < 4.78 is 4.84. The SMILES string of the molecule is C1=CC(c2cccc3ccccc23)NC(n2c3ccccc3c3ccc4c(c5ccccc5n4-c4ccccc4)c32)=C1. The molecule has 0 amide bonds. The molecular weight excluding hydrogens is 510 g/mol. The van der Waals surface area contributed by atoms with Crippen LogP contribution >= 0.6 is 0 Å². The van der Waals surface area contributed by atoms with Gasteiger partial charge in [-0.2, -0.15) is 0 Å². The molecule has 8 aromatic rings. The van der Waals surface area contributed by atoms with Gasteiger partial charge in [-0.25, -0.2) is 0 Å². The molecule has 1 N–H and O–H groups in total. The maximum Gasteiger partial charge on any atom is 0.111 e. The number of benzene rings is 6. The van der Waals surface area contributed by atoms with Gasteiger partial charge in [0.15, 0.2) is 0 Å². The molecule has 2 aromatic heterocycles. The van der Waals surface area contributed by atoms with Gasteiger partial charge in [0, 0.05) is 27.2 Å². The Bertz CT molecular complexity index is 2380. The van der Waals surface area contributed by atoms with Crippen LogP contribution in [-0.4, -0.2) is 9.13 Å². The number of nitrogens with zero attached hydrogens (tertiary/aromatic N) is 2. The maximum atomic E-state index is 3.93. The lowest BCUT2D eigenvalue weighted by atomic mass is 9.97. The molecule has 1 unspecified atom stereocenters. The molecule has 1 aliphatic heterocycles. The predicted octanol–water partition coefficient (Wildman–Crippen LogP) is 9.74. The van der Waals surface area contributed by atoms with Crippen molar-refractivity contribution in [3.05, 3.63) is 157 Å². The van der Waals surface area contributed by atoms with E-state index in [1.54, 1.807) is 0 Å². The van der Waals surface area contributed by atoms with Crippen LogP contribution in [0.1, 0.15) is 11.6 Å². The van der Waals surface area contributed by atoms with Crippen LogP contribution in [0, 0.1) is 0 Å². The van der Waals surface area contributed by atoms with E-state index in [1.807, 2.05) is 0 Å². The molecule has 0 bridgehead atoms. The fraction of sp³-hybridized carbons (Fsp3) is 0.0256. The summed E-state index contributed by atoms with van der Waals surface area (Å²) >= 11 is 0. The molecule has 0 spiro atoms. The Kier molecular flexibility index (Phi) is 4.96. The van der Waals surface area contributed by atoms with Crippen LogP contribution in [0.3, 0.4) is 0 Å². The Morgan fingerprint density at radius 1 is 0.500 bits per heavy atom. The monoisotopic (exact) mass is 537 g/mol. The number of allylic oxidation sites excluding steroid dienone is 2. The van der Waals surface area contributed by atoms with Crippen molar-refractivity contribution in [3.63, 3.8) is 0 Å². The van der Waals surface area contributed by atoms with E-state index in [-0.39, 0.29) is 6.04 Å². The van der Waals surface area contributed by atoms with Gasteiger partial charge in [0.1, 0.15) is 5.82 Å². The lowest BCUT2D eigenvalue weighted by Gasteiger charge is -2.25. The summed E-state index contributed by atoms with van der Waals surface area (Å²) in [6, 6.07) is 48.1. The Morgan fingerprint density at radius 3 is 2.05 bits per heavy atom. The van der Waals surface area contributed by atoms with E-state index < -0.39 is 0 Å². The van der Waals surface area contributed by atoms with Crippen LogP contribution in [0.4, 0.5) is 0 Å². The molecule has 3 heteroatoms. The quantitative estimate of drug-likeness (QED) is 0.238. The molecule has 0 saturated heterocycles. The highest BCUT2D eigenvalue weighted by Crippen LogP contribution is 2.42. The smallest absolute Gasteiger partial charge is 0.111 e. The zero-order valence-electron chi connectivity index (χ0n) is 22.9. The minimum Gasteiger partial charge on any atom is -0.361 e. The highest BCUT2D eigenvalue weighted by molar-refractivity contribution is 6.26. The number of rotatable bonds is 3. The predicted molar refractivity (Wildman–Crippen MR) is 177 cm³/mol. The normalized spacial score (nSPS) is 15.1. The summed E-state index contributed by atoms with van der Waals surface area (Å²) in [6.07, 6.45) is 6.67. The van der Waals surface area contributed by atoms with Crippen LogP contribution < -0.4 is 5.32 Å². The molecule has 3 heterocycles. The molecule has 1 aliphatic rings. The molecular formula is C39H27N3. The van der Waals surface area contributed by atoms with Gasteiger partial charge in [-0.05, 0) is 52.7 Å². The number of hydrogen-bond acceptors (Lipinski definition) is 1. The van der Waals surface area contributed by atoms with E-state index in [2.05, 4.69) is 166 Å². The Balaban J connectivity index is 1.34. The third-order valence-corrected chi connectivity index (χ3v) is 8.74. The molecule has 0 fully saturated rings. The second kappa shape index (κ2) is 8.98. The van der Waals surface area contributed by atoms with E-state index in [1.165, 1.54) is 65.6 Å². The fourth-order valence-electron chi connectivity index (χ4n) is 6.97. The van der Waals surface area contributed by atoms with Crippen molar-refractivity contribution < 1.29 is 0 Å². The zero-order valence-corrected chi connectivity index (χ0v) is 22.9. The molecule has 198 valence electrons. The average Bonchev–Trinajstić information content (AvgIpc) is 3.58. The van der Waals surface area contributed by atoms with Crippen molar-refractivity contribution in [2.75, 3.05) is 0 Å². The molecule has 9 rings (SSSR count). The molecule has 0 aliphatic carbocycles. The summed E-state index contributed by atoms with van der Waals surface area (Å²) in [7, 11) is 0. The van der Waals surface area contributed by atoms with Gasteiger partial charge in [-0.15, -0.1) is 0 Å². The lowest BCUT2D eigenvalue weighted by molar-refractivity contribution is 0.742. The van der Waals surface area contributed by atoms with Gasteiger partial charge in [-0.1, -0.05) is 115 Å². The van der Waals surface area contributed by atoms with Gasteiger partial charge < -0.3 is 9.88 Å². The Hall–Kier alpha value is -5.54. The van der Waals surface area contributed by atoms with Gasteiger partial charge in [0.2, 0.25) is 0 Å². The first kappa shape index (κ1) is 23.2. The van der Waals surface area contributed by atoms with Crippen molar-refractivity contribution in [1.29, 1.82) is 0 Å². The van der Waals surface area contributed by atoms with E-state index in [0.29, 0.717) is 0 Å². The molecule has 1 atom stereocenters. The summed E-state index contributed by atoms with van der Waals surface area (Å²) in [5.41, 5.74) is 7.28. The zero-order chi connectivity index (χ0) is 27.6. The topological polar surface area (TPSA) is 21.9 Å². The minimum atomic E-state index is 0.0529. The van der Waals surface area contributed by atoms with E-state index >= 15 is 0 Å². The van der Waals surface area contributed by atoms with Crippen molar-refractivity contribution in [1.82, 2.24) is 14.5 Å². The van der Waals surface area contributed by atoms with Crippen LogP contribution in [0.2, 0.25) is 0 Å². The summed E-state index contributed by atoms with van der Waals surface area (Å²) in [4.78, 5) is 0. The average molecular weight is 538 g/mol. The first-order valence-electron chi connectivity index (χ1n) is 14.5. The van der Waals surface area contributed by atoms with E-state index in [4.69, 9.17) is 0 Å². The lowest BCUT2D eigenvalue weighted by Crippen LogP contribution is -2.24. The summed E-state index contributed by atoms with van der Waals surface area (Å²) in [5, 5.41) is 11.5. The van der Waals surface area contributed by atoms with Gasteiger partial charge in [0.05, 0.1) is 28.1 Å². The van der Waals surface area contributed by atoms with E-state index in [0.717, 1.165) is 5.82 Å². The maximum absolute atomic E-state index is 3.93. The highest BCUT2D eigenvalue weighted by Gasteiger charge is 2.23. The van der Waals surface area contributed by atoms with Crippen LogP contribution in [-0.2, 0) is 0 Å². The second-order valence-electron chi connectivity index (χ2n) is 11.0. The van der Waals surface area contributed by atoms with E-state index in [9.17, 15) is 0 Å². The standard InChI is InChI=1S/C39H27N3/c1-2-14-27(15-3-1)41-35-22-9-7-18-32(35)38-36(41)25-24-31-30-17-6-8-21-34(30)42(39(31)38)37-23-11-20-33(40-37)29-19-10-13-26-12-4-5-16-28(26)29/h1-25,33,40H. The first-order valence-corrected chi connectivity index (χ1v) is 14.5. The van der Waals surface area contributed by atoms with Crippen LogP contribution in [0.25, 0.3) is 65.9 Å². The number of fused-ring (bicyclic) bond motifs is 8. The summed E-state index contributed by atoms with van der Waals surface area (Å²) in [5.74, 6) is 1.07. The van der Waals surface area contributed by atoms with Crippen LogP contribution in [0.15, 0.2) is 152 Å². The number of hydrogen-bond donors (Lipinski definition) is 1. The van der Waals surface area contributed by atoms with Crippen molar-refractivity contribution in [3.8, 4) is 5.69 Å². The third kappa shape index (κ3) is 3.28. The summed E-state index contributed by atoms with van der Waals surface area (Å²) in [6.45, 7) is 0. The number of dihydropyridines is 1. The second-order valence-corrected chi connectivity index (χ2v) is 11.0. The van der Waals surface area contributed by atoms with Crippen molar-refractivity contribution in [2.24, 2.45) is 0 Å². The number of nitrogens with one attached hydrogen (secondary N) is 1. The van der Waals surface area contributed by atoms with Gasteiger partial charge in [-0.3, -0.25) is 4.57 Å². The molecule has 0 radical (unpaired) electrons. The van der Waals surface area contributed by atoms with Gasteiger partial charge >= 0.3 is 0 Å².